The predicted octanol–water partition coefficient (Wildman–Crippen LogP) is 5.37. The minimum atomic E-state index is 0.698. The molecule has 0 amide bonds. The van der Waals surface area contributed by atoms with Crippen LogP contribution in [0.3, 0.4) is 0 Å². The molecule has 2 saturated carbocycles. The monoisotopic (exact) mass is 285 g/mol. The second-order valence-corrected chi connectivity index (χ2v) is 7.10. The van der Waals surface area contributed by atoms with Crippen molar-refractivity contribution in [1.29, 1.82) is 0 Å². The van der Waals surface area contributed by atoms with Crippen LogP contribution in [0.5, 0.6) is 0 Å². The molecule has 0 saturated heterocycles. The van der Waals surface area contributed by atoms with Crippen molar-refractivity contribution in [1.82, 2.24) is 5.32 Å². The van der Waals surface area contributed by atoms with Gasteiger partial charge in [-0.2, -0.15) is 0 Å². The Balaban J connectivity index is 1.77. The first-order valence-corrected chi connectivity index (χ1v) is 9.21. The van der Waals surface area contributed by atoms with Crippen molar-refractivity contribution in [3.8, 4) is 0 Å². The Morgan fingerprint density at radius 2 is 1.76 bits per heavy atom. The summed E-state index contributed by atoms with van der Waals surface area (Å²) in [5, 5.41) is 3.84. The first-order valence-electron chi connectivity index (χ1n) is 9.21. The maximum Gasteiger partial charge on any atom is 0.0136 e. The molecular weight excluding hydrogens is 254 g/mol. The third kappa shape index (κ3) is 3.69. The van der Waals surface area contributed by atoms with Crippen LogP contribution in [0.4, 0.5) is 0 Å². The van der Waals surface area contributed by atoms with E-state index in [9.17, 15) is 0 Å². The fourth-order valence-corrected chi connectivity index (χ4v) is 4.07. The van der Waals surface area contributed by atoms with Crippen LogP contribution in [0.2, 0.25) is 0 Å². The normalized spacial score (nSPS) is 27.1. The van der Waals surface area contributed by atoms with Gasteiger partial charge < -0.3 is 5.32 Å². The van der Waals surface area contributed by atoms with Crippen LogP contribution in [0.1, 0.15) is 87.7 Å². The van der Waals surface area contributed by atoms with Gasteiger partial charge in [0.15, 0.2) is 0 Å². The van der Waals surface area contributed by atoms with E-state index >= 15 is 0 Å². The first-order chi connectivity index (χ1) is 10.4. The number of hydrogen-bond donors (Lipinski definition) is 1. The molecule has 0 bridgehead atoms. The zero-order chi connectivity index (χ0) is 14.5. The van der Waals surface area contributed by atoms with Crippen LogP contribution in [0, 0.1) is 0 Å². The molecule has 0 heterocycles. The van der Waals surface area contributed by atoms with E-state index in [1.165, 1.54) is 64.3 Å². The van der Waals surface area contributed by atoms with Gasteiger partial charge in [0.05, 0.1) is 0 Å². The van der Waals surface area contributed by atoms with Crippen LogP contribution in [0.25, 0.3) is 0 Å². The zero-order valence-electron chi connectivity index (χ0n) is 13.6. The minimum absolute atomic E-state index is 0.698. The summed E-state index contributed by atoms with van der Waals surface area (Å²) >= 11 is 0. The molecule has 1 N–H and O–H groups in total. The average Bonchev–Trinajstić information content (AvgIpc) is 2.69. The lowest BCUT2D eigenvalue weighted by atomic mass is 9.78. The fraction of sp³-hybridized carbons (Fsp3) is 0.700. The Kier molecular flexibility index (Phi) is 5.35. The SMILES string of the molecule is CCCNC1CCCCCC1c1cccc(C2CCC2)c1. The summed E-state index contributed by atoms with van der Waals surface area (Å²) in [5.41, 5.74) is 3.21. The molecule has 1 aromatic rings. The van der Waals surface area contributed by atoms with Crippen molar-refractivity contribution >= 4 is 0 Å². The number of hydrogen-bond acceptors (Lipinski definition) is 1. The molecule has 116 valence electrons. The molecule has 3 rings (SSSR count). The Labute approximate surface area is 130 Å². The Morgan fingerprint density at radius 1 is 0.952 bits per heavy atom. The quantitative estimate of drug-likeness (QED) is 0.717. The van der Waals surface area contributed by atoms with E-state index in [1.807, 2.05) is 0 Å². The van der Waals surface area contributed by atoms with Crippen molar-refractivity contribution in [2.75, 3.05) is 6.54 Å². The van der Waals surface area contributed by atoms with E-state index in [4.69, 9.17) is 0 Å². The van der Waals surface area contributed by atoms with E-state index in [0.717, 1.165) is 11.8 Å². The van der Waals surface area contributed by atoms with Gasteiger partial charge in [0.1, 0.15) is 0 Å². The molecular formula is C20H31N. The maximum atomic E-state index is 3.84. The Morgan fingerprint density at radius 3 is 2.52 bits per heavy atom. The van der Waals surface area contributed by atoms with E-state index in [1.54, 1.807) is 11.1 Å². The van der Waals surface area contributed by atoms with Crippen molar-refractivity contribution in [2.24, 2.45) is 0 Å². The second kappa shape index (κ2) is 7.45. The summed E-state index contributed by atoms with van der Waals surface area (Å²) in [7, 11) is 0. The van der Waals surface area contributed by atoms with Crippen molar-refractivity contribution in [2.45, 2.75) is 82.6 Å². The van der Waals surface area contributed by atoms with Crippen molar-refractivity contribution < 1.29 is 0 Å². The molecule has 1 aromatic carbocycles. The predicted molar refractivity (Wildman–Crippen MR) is 90.9 cm³/mol. The van der Waals surface area contributed by atoms with Crippen molar-refractivity contribution in [3.63, 3.8) is 0 Å². The van der Waals surface area contributed by atoms with Gasteiger partial charge >= 0.3 is 0 Å². The Bertz CT molecular complexity index is 435. The minimum Gasteiger partial charge on any atom is -0.313 e. The van der Waals surface area contributed by atoms with Gasteiger partial charge in [-0.05, 0) is 61.6 Å². The van der Waals surface area contributed by atoms with E-state index in [2.05, 4.69) is 36.5 Å². The average molecular weight is 285 g/mol. The van der Waals surface area contributed by atoms with Crippen LogP contribution >= 0.6 is 0 Å². The molecule has 0 spiro atoms. The maximum absolute atomic E-state index is 3.84. The van der Waals surface area contributed by atoms with Gasteiger partial charge in [-0.15, -0.1) is 0 Å². The molecule has 0 aromatic heterocycles. The zero-order valence-corrected chi connectivity index (χ0v) is 13.6. The number of nitrogens with one attached hydrogen (secondary N) is 1. The molecule has 2 aliphatic rings. The smallest absolute Gasteiger partial charge is 0.0136 e. The third-order valence-electron chi connectivity index (χ3n) is 5.59. The largest absolute Gasteiger partial charge is 0.313 e. The third-order valence-corrected chi connectivity index (χ3v) is 5.59. The van der Waals surface area contributed by atoms with Gasteiger partial charge in [0.25, 0.3) is 0 Å². The summed E-state index contributed by atoms with van der Waals surface area (Å²) < 4.78 is 0. The molecule has 2 atom stereocenters. The molecule has 0 aliphatic heterocycles. The summed E-state index contributed by atoms with van der Waals surface area (Å²) in [6.45, 7) is 3.44. The summed E-state index contributed by atoms with van der Waals surface area (Å²) in [6, 6.07) is 10.3. The van der Waals surface area contributed by atoms with Crippen LogP contribution < -0.4 is 5.32 Å². The summed E-state index contributed by atoms with van der Waals surface area (Å²) in [4.78, 5) is 0. The van der Waals surface area contributed by atoms with Gasteiger partial charge in [-0.1, -0.05) is 56.9 Å². The molecule has 1 nitrogen and oxygen atoms in total. The van der Waals surface area contributed by atoms with E-state index < -0.39 is 0 Å². The fourth-order valence-electron chi connectivity index (χ4n) is 4.07. The van der Waals surface area contributed by atoms with E-state index in [-0.39, 0.29) is 0 Å². The molecule has 0 radical (unpaired) electrons. The highest BCUT2D eigenvalue weighted by Crippen LogP contribution is 2.39. The summed E-state index contributed by atoms with van der Waals surface area (Å²) in [6.07, 6.45) is 12.4. The van der Waals surface area contributed by atoms with E-state index in [0.29, 0.717) is 6.04 Å². The van der Waals surface area contributed by atoms with Crippen LogP contribution in [0.15, 0.2) is 24.3 Å². The molecule has 2 aliphatic carbocycles. The van der Waals surface area contributed by atoms with Crippen LogP contribution in [-0.4, -0.2) is 12.6 Å². The van der Waals surface area contributed by atoms with Gasteiger partial charge in [0, 0.05) is 6.04 Å². The highest BCUT2D eigenvalue weighted by Gasteiger charge is 2.26. The molecule has 21 heavy (non-hydrogen) atoms. The molecule has 1 heteroatoms. The highest BCUT2D eigenvalue weighted by atomic mass is 14.9. The van der Waals surface area contributed by atoms with Gasteiger partial charge in [-0.25, -0.2) is 0 Å². The standard InChI is InChI=1S/C20H31N/c1-2-14-21-20-13-5-3-4-12-19(20)18-11-7-10-17(15-18)16-8-6-9-16/h7,10-11,15-16,19-21H,2-6,8-9,12-14H2,1H3. The lowest BCUT2D eigenvalue weighted by molar-refractivity contribution is 0.406. The Hall–Kier alpha value is -0.820. The lowest BCUT2D eigenvalue weighted by Crippen LogP contribution is -2.34. The molecule has 2 unspecified atom stereocenters. The van der Waals surface area contributed by atoms with Crippen molar-refractivity contribution in [3.05, 3.63) is 35.4 Å². The van der Waals surface area contributed by atoms with Crippen LogP contribution in [-0.2, 0) is 0 Å². The molecule has 2 fully saturated rings. The highest BCUT2D eigenvalue weighted by molar-refractivity contribution is 5.31. The summed E-state index contributed by atoms with van der Waals surface area (Å²) in [5.74, 6) is 1.59. The number of benzene rings is 1. The van der Waals surface area contributed by atoms with Gasteiger partial charge in [0.2, 0.25) is 0 Å². The second-order valence-electron chi connectivity index (χ2n) is 7.10. The lowest BCUT2D eigenvalue weighted by Gasteiger charge is -2.30. The van der Waals surface area contributed by atoms with Gasteiger partial charge in [-0.3, -0.25) is 0 Å². The topological polar surface area (TPSA) is 12.0 Å². The first kappa shape index (κ1) is 15.1. The number of rotatable bonds is 5.